The van der Waals surface area contributed by atoms with Crippen LogP contribution in [-0.2, 0) is 6.42 Å². The predicted octanol–water partition coefficient (Wildman–Crippen LogP) is 5.65. The summed E-state index contributed by atoms with van der Waals surface area (Å²) >= 11 is 0. The summed E-state index contributed by atoms with van der Waals surface area (Å²) in [7, 11) is 0. The number of halogens is 3. The zero-order chi connectivity index (χ0) is 18.5. The molecule has 0 atom stereocenters. The number of aromatic nitrogens is 2. The Labute approximate surface area is 152 Å². The molecule has 3 aromatic carbocycles. The first-order valence-corrected chi connectivity index (χ1v) is 8.52. The van der Waals surface area contributed by atoms with Crippen molar-refractivity contribution in [1.82, 2.24) is 9.38 Å². The Kier molecular flexibility index (Phi) is 3.44. The molecule has 0 N–H and O–H groups in total. The molecule has 0 radical (unpaired) electrons. The molecule has 0 fully saturated rings. The second-order valence-corrected chi connectivity index (χ2v) is 6.54. The van der Waals surface area contributed by atoms with Crippen molar-refractivity contribution in [3.05, 3.63) is 95.6 Å². The Morgan fingerprint density at radius 1 is 0.778 bits per heavy atom. The van der Waals surface area contributed by atoms with E-state index in [0.29, 0.717) is 11.3 Å². The van der Waals surface area contributed by atoms with E-state index < -0.39 is 17.5 Å². The Morgan fingerprint density at radius 3 is 2.15 bits per heavy atom. The van der Waals surface area contributed by atoms with Gasteiger partial charge in [0.2, 0.25) is 0 Å². The molecule has 0 aliphatic carbocycles. The summed E-state index contributed by atoms with van der Waals surface area (Å²) < 4.78 is 42.2. The zero-order valence-corrected chi connectivity index (χ0v) is 14.1. The van der Waals surface area contributed by atoms with E-state index in [2.05, 4.69) is 12.1 Å². The lowest BCUT2D eigenvalue weighted by atomic mass is 10.1. The Morgan fingerprint density at radius 2 is 1.41 bits per heavy atom. The van der Waals surface area contributed by atoms with Crippen molar-refractivity contribution in [2.75, 3.05) is 0 Å². The molecule has 0 spiro atoms. The fourth-order valence-electron chi connectivity index (χ4n) is 3.63. The van der Waals surface area contributed by atoms with Crippen molar-refractivity contribution < 1.29 is 13.2 Å². The molecular weight excluding hydrogens is 349 g/mol. The number of hydrogen-bond acceptors (Lipinski definition) is 1. The van der Waals surface area contributed by atoms with Gasteiger partial charge in [-0.05, 0) is 29.1 Å². The van der Waals surface area contributed by atoms with Crippen molar-refractivity contribution in [2.45, 2.75) is 6.42 Å². The molecule has 0 saturated heterocycles. The number of rotatable bonds is 2. The van der Waals surface area contributed by atoms with Crippen molar-refractivity contribution >= 4 is 27.3 Å². The standard InChI is InChI=1S/C22H13F3N2/c23-18-10-13(11-19(24)21(18)25)9-14-12-27-20-8-4-3-6-16(20)15-5-1-2-7-17(15)22(27)26-14/h1-8,10-12H,9H2. The molecule has 0 aliphatic heterocycles. The van der Waals surface area contributed by atoms with Crippen LogP contribution in [0.25, 0.3) is 27.3 Å². The van der Waals surface area contributed by atoms with Gasteiger partial charge >= 0.3 is 0 Å². The Bertz CT molecular complexity index is 1240. The summed E-state index contributed by atoms with van der Waals surface area (Å²) in [5, 5.41) is 3.19. The highest BCUT2D eigenvalue weighted by molar-refractivity contribution is 6.11. The number of hydrogen-bond donors (Lipinski definition) is 0. The topological polar surface area (TPSA) is 17.3 Å². The van der Waals surface area contributed by atoms with Gasteiger partial charge in [0.25, 0.3) is 0 Å². The molecule has 0 amide bonds. The van der Waals surface area contributed by atoms with E-state index in [0.717, 1.165) is 39.5 Å². The van der Waals surface area contributed by atoms with Crippen LogP contribution in [0.5, 0.6) is 0 Å². The predicted molar refractivity (Wildman–Crippen MR) is 99.3 cm³/mol. The maximum absolute atomic E-state index is 13.5. The largest absolute Gasteiger partial charge is 0.299 e. The highest BCUT2D eigenvalue weighted by Crippen LogP contribution is 2.29. The van der Waals surface area contributed by atoms with Crippen molar-refractivity contribution in [3.8, 4) is 0 Å². The maximum atomic E-state index is 13.5. The lowest BCUT2D eigenvalue weighted by Crippen LogP contribution is -1.96. The molecule has 0 bridgehead atoms. The maximum Gasteiger partial charge on any atom is 0.194 e. The smallest absolute Gasteiger partial charge is 0.194 e. The van der Waals surface area contributed by atoms with Crippen LogP contribution in [-0.4, -0.2) is 9.38 Å². The van der Waals surface area contributed by atoms with Gasteiger partial charge in [-0.15, -0.1) is 0 Å². The van der Waals surface area contributed by atoms with Crippen LogP contribution in [0.15, 0.2) is 66.9 Å². The van der Waals surface area contributed by atoms with E-state index in [1.54, 1.807) is 0 Å². The summed E-state index contributed by atoms with van der Waals surface area (Å²) in [4.78, 5) is 4.69. The average Bonchev–Trinajstić information content (AvgIpc) is 3.10. The minimum atomic E-state index is -1.45. The summed E-state index contributed by atoms with van der Waals surface area (Å²) in [6.07, 6.45) is 2.07. The number of imidazole rings is 1. The number of nitrogens with zero attached hydrogens (tertiary/aromatic N) is 2. The van der Waals surface area contributed by atoms with E-state index in [4.69, 9.17) is 4.98 Å². The van der Waals surface area contributed by atoms with Gasteiger partial charge in [-0.2, -0.15) is 0 Å². The van der Waals surface area contributed by atoms with Crippen LogP contribution < -0.4 is 0 Å². The average molecular weight is 362 g/mol. The van der Waals surface area contributed by atoms with Crippen LogP contribution in [0.1, 0.15) is 11.3 Å². The van der Waals surface area contributed by atoms with Crippen molar-refractivity contribution in [2.24, 2.45) is 0 Å². The number of para-hydroxylation sites is 1. The van der Waals surface area contributed by atoms with Gasteiger partial charge in [0.15, 0.2) is 17.5 Å². The Balaban J connectivity index is 1.74. The molecule has 2 heterocycles. The molecule has 2 aromatic heterocycles. The minimum absolute atomic E-state index is 0.207. The molecule has 0 saturated carbocycles. The van der Waals surface area contributed by atoms with E-state index in [1.165, 1.54) is 0 Å². The molecule has 132 valence electrons. The second kappa shape index (κ2) is 5.84. The third-order valence-electron chi connectivity index (χ3n) is 4.81. The first-order valence-electron chi connectivity index (χ1n) is 8.52. The van der Waals surface area contributed by atoms with Crippen LogP contribution in [0.3, 0.4) is 0 Å². The highest BCUT2D eigenvalue weighted by Gasteiger charge is 2.14. The lowest BCUT2D eigenvalue weighted by molar-refractivity contribution is 0.445. The van der Waals surface area contributed by atoms with Gasteiger partial charge in [0.1, 0.15) is 5.65 Å². The van der Waals surface area contributed by atoms with Crippen LogP contribution >= 0.6 is 0 Å². The number of benzene rings is 3. The summed E-state index contributed by atoms with van der Waals surface area (Å²) in [6, 6.07) is 18.0. The molecular formula is C22H13F3N2. The van der Waals surface area contributed by atoms with E-state index >= 15 is 0 Å². The second-order valence-electron chi connectivity index (χ2n) is 6.54. The summed E-state index contributed by atoms with van der Waals surface area (Å²) in [6.45, 7) is 0. The van der Waals surface area contributed by atoms with Crippen LogP contribution in [0, 0.1) is 17.5 Å². The van der Waals surface area contributed by atoms with Gasteiger partial charge in [0, 0.05) is 23.4 Å². The quantitative estimate of drug-likeness (QED) is 0.293. The third-order valence-corrected chi connectivity index (χ3v) is 4.81. The van der Waals surface area contributed by atoms with Gasteiger partial charge < -0.3 is 0 Å². The van der Waals surface area contributed by atoms with E-state index in [9.17, 15) is 13.2 Å². The lowest BCUT2D eigenvalue weighted by Gasteiger charge is -2.07. The summed E-state index contributed by atoms with van der Waals surface area (Å²) in [5.41, 5.74) is 2.77. The van der Waals surface area contributed by atoms with Gasteiger partial charge in [-0.1, -0.05) is 42.5 Å². The van der Waals surface area contributed by atoms with Gasteiger partial charge in [-0.25, -0.2) is 18.2 Å². The summed E-state index contributed by atoms with van der Waals surface area (Å²) in [5.74, 6) is -3.83. The van der Waals surface area contributed by atoms with Crippen LogP contribution in [0.4, 0.5) is 13.2 Å². The molecule has 5 rings (SSSR count). The fraction of sp³-hybridized carbons (Fsp3) is 0.0455. The molecule has 5 aromatic rings. The minimum Gasteiger partial charge on any atom is -0.299 e. The van der Waals surface area contributed by atoms with E-state index in [-0.39, 0.29) is 6.42 Å². The fourth-order valence-corrected chi connectivity index (χ4v) is 3.63. The van der Waals surface area contributed by atoms with E-state index in [1.807, 2.05) is 47.0 Å². The molecule has 0 unspecified atom stereocenters. The molecule has 0 aliphatic rings. The van der Waals surface area contributed by atoms with Crippen molar-refractivity contribution in [1.29, 1.82) is 0 Å². The van der Waals surface area contributed by atoms with Gasteiger partial charge in [-0.3, -0.25) is 4.40 Å². The first-order chi connectivity index (χ1) is 13.1. The molecule has 2 nitrogen and oxygen atoms in total. The monoisotopic (exact) mass is 362 g/mol. The number of fused-ring (bicyclic) bond motifs is 6. The Hall–Kier alpha value is -3.34. The molecule has 5 heteroatoms. The normalized spacial score (nSPS) is 11.7. The third kappa shape index (κ3) is 2.46. The highest BCUT2D eigenvalue weighted by atomic mass is 19.2. The SMILES string of the molecule is Fc1cc(Cc2cn3c4ccccc4c4ccccc4c3n2)cc(F)c1F. The van der Waals surface area contributed by atoms with Gasteiger partial charge in [0.05, 0.1) is 11.2 Å². The zero-order valence-electron chi connectivity index (χ0n) is 14.1. The molecule has 27 heavy (non-hydrogen) atoms. The van der Waals surface area contributed by atoms with Crippen LogP contribution in [0.2, 0.25) is 0 Å². The first kappa shape index (κ1) is 15.9. The van der Waals surface area contributed by atoms with Crippen molar-refractivity contribution in [3.63, 3.8) is 0 Å². The number of pyridine rings is 1.